The molecule has 6 nitrogen and oxygen atoms in total. The third-order valence-corrected chi connectivity index (χ3v) is 5.78. The summed E-state index contributed by atoms with van der Waals surface area (Å²) in [4.78, 5) is 27.9. The Balaban J connectivity index is 1.55. The number of amides is 2. The molecule has 2 aliphatic rings. The third kappa shape index (κ3) is 3.73. The van der Waals surface area contributed by atoms with Crippen LogP contribution in [0.25, 0.3) is 0 Å². The number of nitrogens with zero attached hydrogens (tertiary/aromatic N) is 1. The fourth-order valence-electron chi connectivity index (χ4n) is 4.20. The molecule has 0 bridgehead atoms. The van der Waals surface area contributed by atoms with Gasteiger partial charge in [-0.05, 0) is 17.7 Å². The largest absolute Gasteiger partial charge is 0.489 e. The number of likely N-dealkylation sites (tertiary alicyclic amines) is 1. The minimum absolute atomic E-state index is 0.0555. The number of nitrogens with one attached hydrogen (secondary N) is 1. The number of carbonyl (C=O) groups excluding carboxylic acids is 2. The van der Waals surface area contributed by atoms with Gasteiger partial charge >= 0.3 is 0 Å². The van der Waals surface area contributed by atoms with Crippen LogP contribution in [-0.2, 0) is 9.59 Å². The van der Waals surface area contributed by atoms with Crippen LogP contribution in [0.15, 0.2) is 54.6 Å². The summed E-state index contributed by atoms with van der Waals surface area (Å²) in [6, 6.07) is 17.6. The number of benzene rings is 2. The molecule has 2 aromatic rings. The van der Waals surface area contributed by atoms with Gasteiger partial charge in [-0.2, -0.15) is 0 Å². The molecule has 0 radical (unpaired) electrons. The van der Waals surface area contributed by atoms with Gasteiger partial charge in [-0.1, -0.05) is 42.5 Å². The average molecular weight is 380 g/mol. The minimum Gasteiger partial charge on any atom is -0.489 e. The lowest BCUT2D eigenvalue weighted by atomic mass is 9.96. The summed E-state index contributed by atoms with van der Waals surface area (Å²) in [6.45, 7) is 2.43. The maximum absolute atomic E-state index is 13.4. The molecule has 1 fully saturated rings. The zero-order valence-corrected chi connectivity index (χ0v) is 15.8. The minimum atomic E-state index is -0.225. The first-order valence-corrected chi connectivity index (χ1v) is 9.85. The molecular weight excluding hydrogens is 354 g/mol. The number of nitrogens with two attached hydrogens (primary N) is 1. The van der Waals surface area contributed by atoms with Gasteiger partial charge in [0.15, 0.2) is 6.54 Å². The Morgan fingerprint density at radius 1 is 1.04 bits per heavy atom. The van der Waals surface area contributed by atoms with E-state index in [-0.39, 0.29) is 23.8 Å². The van der Waals surface area contributed by atoms with Crippen molar-refractivity contribution in [2.75, 3.05) is 31.1 Å². The molecule has 1 atom stereocenters. The van der Waals surface area contributed by atoms with Gasteiger partial charge in [0, 0.05) is 18.8 Å². The molecule has 4 rings (SSSR count). The molecule has 146 valence electrons. The number of piperidine rings is 1. The lowest BCUT2D eigenvalue weighted by molar-refractivity contribution is -0.897. The molecule has 0 aromatic heterocycles. The van der Waals surface area contributed by atoms with Crippen molar-refractivity contribution in [3.8, 4) is 5.75 Å². The number of hydrogen-bond donors (Lipinski definition) is 2. The van der Waals surface area contributed by atoms with Crippen LogP contribution in [0.4, 0.5) is 5.69 Å². The van der Waals surface area contributed by atoms with Crippen LogP contribution in [0, 0.1) is 5.92 Å². The van der Waals surface area contributed by atoms with Crippen LogP contribution >= 0.6 is 0 Å². The molecule has 2 aliphatic heterocycles. The number of rotatable bonds is 4. The summed E-state index contributed by atoms with van der Waals surface area (Å²) in [6.07, 6.45) is 1.50. The van der Waals surface area contributed by atoms with Crippen molar-refractivity contribution < 1.29 is 19.2 Å². The fourth-order valence-corrected chi connectivity index (χ4v) is 4.20. The normalized spacial score (nSPS) is 24.1. The SMILES string of the molecule is NC(=O)C1CC[NH+](CC(=O)N2c3ccccc3OC[C@H]2c2ccccc2)CC1. The first-order chi connectivity index (χ1) is 13.6. The van der Waals surface area contributed by atoms with E-state index in [2.05, 4.69) is 0 Å². The van der Waals surface area contributed by atoms with Gasteiger partial charge in [-0.15, -0.1) is 0 Å². The summed E-state index contributed by atoms with van der Waals surface area (Å²) >= 11 is 0. The molecule has 2 heterocycles. The maximum atomic E-state index is 13.4. The van der Waals surface area contributed by atoms with Gasteiger partial charge in [0.05, 0.1) is 24.8 Å². The monoisotopic (exact) mass is 380 g/mol. The van der Waals surface area contributed by atoms with Gasteiger partial charge in [-0.25, -0.2) is 0 Å². The number of quaternary nitrogens is 1. The van der Waals surface area contributed by atoms with E-state index in [1.165, 1.54) is 4.90 Å². The summed E-state index contributed by atoms with van der Waals surface area (Å²) in [5.41, 5.74) is 7.31. The highest BCUT2D eigenvalue weighted by Gasteiger charge is 2.36. The van der Waals surface area contributed by atoms with E-state index >= 15 is 0 Å². The first kappa shape index (κ1) is 18.5. The smallest absolute Gasteiger partial charge is 0.282 e. The average Bonchev–Trinajstić information content (AvgIpc) is 2.74. The topological polar surface area (TPSA) is 77.1 Å². The Bertz CT molecular complexity index is 847. The Morgan fingerprint density at radius 2 is 1.71 bits per heavy atom. The van der Waals surface area contributed by atoms with Crippen molar-refractivity contribution in [2.24, 2.45) is 11.7 Å². The molecule has 0 saturated carbocycles. The number of anilines is 1. The molecule has 3 N–H and O–H groups in total. The highest BCUT2D eigenvalue weighted by molar-refractivity contribution is 5.96. The quantitative estimate of drug-likeness (QED) is 0.829. The Hall–Kier alpha value is -2.86. The fraction of sp³-hybridized carbons (Fsp3) is 0.364. The van der Waals surface area contributed by atoms with Gasteiger partial charge < -0.3 is 15.4 Å². The van der Waals surface area contributed by atoms with Crippen molar-refractivity contribution in [2.45, 2.75) is 18.9 Å². The van der Waals surface area contributed by atoms with Crippen LogP contribution in [0.2, 0.25) is 0 Å². The van der Waals surface area contributed by atoms with E-state index in [9.17, 15) is 9.59 Å². The molecule has 0 aliphatic carbocycles. The van der Waals surface area contributed by atoms with Gasteiger partial charge in [0.1, 0.15) is 12.4 Å². The Labute approximate surface area is 164 Å². The molecule has 28 heavy (non-hydrogen) atoms. The predicted molar refractivity (Wildman–Crippen MR) is 106 cm³/mol. The second-order valence-electron chi connectivity index (χ2n) is 7.57. The molecule has 2 amide bonds. The van der Waals surface area contributed by atoms with Crippen LogP contribution in [0.5, 0.6) is 5.75 Å². The number of hydrogen-bond acceptors (Lipinski definition) is 3. The number of para-hydroxylation sites is 2. The maximum Gasteiger partial charge on any atom is 0.282 e. The molecule has 0 unspecified atom stereocenters. The second-order valence-corrected chi connectivity index (χ2v) is 7.57. The second kappa shape index (κ2) is 8.02. The zero-order chi connectivity index (χ0) is 19.5. The van der Waals surface area contributed by atoms with Gasteiger partial charge in [0.2, 0.25) is 5.91 Å². The molecule has 6 heteroatoms. The Morgan fingerprint density at radius 3 is 2.43 bits per heavy atom. The highest BCUT2D eigenvalue weighted by atomic mass is 16.5. The van der Waals surface area contributed by atoms with E-state index in [1.54, 1.807) is 0 Å². The van der Waals surface area contributed by atoms with Crippen molar-refractivity contribution in [3.63, 3.8) is 0 Å². The van der Waals surface area contributed by atoms with E-state index in [1.807, 2.05) is 59.5 Å². The van der Waals surface area contributed by atoms with E-state index in [4.69, 9.17) is 10.5 Å². The zero-order valence-electron chi connectivity index (χ0n) is 15.8. The lowest BCUT2D eigenvalue weighted by Gasteiger charge is -2.38. The molecule has 0 spiro atoms. The number of fused-ring (bicyclic) bond motifs is 1. The van der Waals surface area contributed by atoms with E-state index < -0.39 is 0 Å². The van der Waals surface area contributed by atoms with Crippen molar-refractivity contribution in [1.82, 2.24) is 0 Å². The number of ether oxygens (including phenoxy) is 1. The van der Waals surface area contributed by atoms with Crippen molar-refractivity contribution in [1.29, 1.82) is 0 Å². The summed E-state index contributed by atoms with van der Waals surface area (Å²) in [5, 5.41) is 0. The van der Waals surface area contributed by atoms with E-state index in [0.29, 0.717) is 13.2 Å². The third-order valence-electron chi connectivity index (χ3n) is 5.78. The van der Waals surface area contributed by atoms with Crippen molar-refractivity contribution >= 4 is 17.5 Å². The van der Waals surface area contributed by atoms with Gasteiger partial charge in [0.25, 0.3) is 5.91 Å². The number of primary amides is 1. The van der Waals surface area contributed by atoms with Crippen molar-refractivity contribution in [3.05, 3.63) is 60.2 Å². The summed E-state index contributed by atoms with van der Waals surface area (Å²) < 4.78 is 5.95. The van der Waals surface area contributed by atoms with Crippen LogP contribution in [0.3, 0.4) is 0 Å². The van der Waals surface area contributed by atoms with Gasteiger partial charge in [-0.3, -0.25) is 14.5 Å². The van der Waals surface area contributed by atoms with E-state index in [0.717, 1.165) is 42.9 Å². The predicted octanol–water partition coefficient (Wildman–Crippen LogP) is 0.934. The van der Waals surface area contributed by atoms with Crippen LogP contribution < -0.4 is 20.3 Å². The highest BCUT2D eigenvalue weighted by Crippen LogP contribution is 2.39. The summed E-state index contributed by atoms with van der Waals surface area (Å²) in [7, 11) is 0. The molecular formula is C22H26N3O3+. The van der Waals surface area contributed by atoms with Crippen LogP contribution in [0.1, 0.15) is 24.4 Å². The molecule has 1 saturated heterocycles. The first-order valence-electron chi connectivity index (χ1n) is 9.85. The lowest BCUT2D eigenvalue weighted by Crippen LogP contribution is -3.14. The summed E-state index contributed by atoms with van der Waals surface area (Å²) in [5.74, 6) is 0.541. The van der Waals surface area contributed by atoms with Crippen LogP contribution in [-0.4, -0.2) is 38.1 Å². The Kier molecular flexibility index (Phi) is 5.30. The standard InChI is InChI=1S/C22H25N3O3/c23-22(27)17-10-12-24(13-11-17)14-21(26)25-18-8-4-5-9-20(18)28-15-19(25)16-6-2-1-3-7-16/h1-9,17,19H,10-15H2,(H2,23,27)/p+1/t19-/m0/s1. The number of carbonyl (C=O) groups is 2. The molecule has 2 aromatic carbocycles.